The minimum absolute atomic E-state index is 0.440. The Morgan fingerprint density at radius 1 is 0.926 bits per heavy atom. The number of hydrogen-bond donors (Lipinski definition) is 2. The fourth-order valence-electron chi connectivity index (χ4n) is 2.57. The number of rotatable bonds is 7. The van der Waals surface area contributed by atoms with Gasteiger partial charge in [0.25, 0.3) is 0 Å². The molecule has 2 aromatic carbocycles. The van der Waals surface area contributed by atoms with Crippen molar-refractivity contribution >= 4 is 17.5 Å². The van der Waals surface area contributed by atoms with Crippen LogP contribution in [-0.4, -0.2) is 29.4 Å². The minimum atomic E-state index is 0.440. The average molecular weight is 365 g/mol. The van der Waals surface area contributed by atoms with Crippen LogP contribution >= 0.6 is 0 Å². The quantitative estimate of drug-likeness (QED) is 0.658. The van der Waals surface area contributed by atoms with E-state index in [0.717, 1.165) is 11.3 Å². The molecule has 0 amide bonds. The number of benzene rings is 2. The molecule has 0 spiro atoms. The number of aryl methyl sites for hydroxylation is 2. The lowest BCUT2D eigenvalue weighted by Crippen LogP contribution is -2.06. The first-order valence-corrected chi connectivity index (χ1v) is 8.58. The van der Waals surface area contributed by atoms with E-state index in [-0.39, 0.29) is 0 Å². The number of methoxy groups -OCH3 is 2. The van der Waals surface area contributed by atoms with Crippen LogP contribution in [0.5, 0.6) is 11.5 Å². The van der Waals surface area contributed by atoms with Crippen LogP contribution in [0.25, 0.3) is 0 Å². The third kappa shape index (κ3) is 4.63. The summed E-state index contributed by atoms with van der Waals surface area (Å²) in [5.74, 6) is 2.46. The number of aromatic nitrogens is 3. The van der Waals surface area contributed by atoms with Gasteiger partial charge in [0.1, 0.15) is 0 Å². The minimum Gasteiger partial charge on any atom is -0.493 e. The zero-order valence-electron chi connectivity index (χ0n) is 15.9. The van der Waals surface area contributed by atoms with E-state index in [1.165, 1.54) is 11.1 Å². The second-order valence-electron chi connectivity index (χ2n) is 6.13. The first-order valence-electron chi connectivity index (χ1n) is 8.58. The van der Waals surface area contributed by atoms with Crippen LogP contribution in [-0.2, 0) is 6.54 Å². The van der Waals surface area contributed by atoms with Gasteiger partial charge in [0, 0.05) is 12.2 Å². The summed E-state index contributed by atoms with van der Waals surface area (Å²) in [6.45, 7) is 4.72. The number of nitrogens with zero attached hydrogens (tertiary/aromatic N) is 3. The predicted octanol–water partition coefficient (Wildman–Crippen LogP) is 3.86. The SMILES string of the molecule is COc1ccc(CNc2cnnc(Nc3ccc(C)c(C)c3)n2)cc1OC. The van der Waals surface area contributed by atoms with E-state index < -0.39 is 0 Å². The Morgan fingerprint density at radius 2 is 1.74 bits per heavy atom. The van der Waals surface area contributed by atoms with Gasteiger partial charge in [-0.15, -0.1) is 5.10 Å². The second kappa shape index (κ2) is 8.35. The normalized spacial score (nSPS) is 10.4. The summed E-state index contributed by atoms with van der Waals surface area (Å²) in [7, 11) is 3.24. The van der Waals surface area contributed by atoms with Crippen molar-refractivity contribution in [1.29, 1.82) is 0 Å². The van der Waals surface area contributed by atoms with Crippen molar-refractivity contribution < 1.29 is 9.47 Å². The van der Waals surface area contributed by atoms with Gasteiger partial charge in [-0.2, -0.15) is 10.1 Å². The van der Waals surface area contributed by atoms with Crippen molar-refractivity contribution in [3.8, 4) is 11.5 Å². The molecule has 0 aliphatic carbocycles. The van der Waals surface area contributed by atoms with E-state index in [2.05, 4.69) is 51.8 Å². The van der Waals surface area contributed by atoms with E-state index in [9.17, 15) is 0 Å². The van der Waals surface area contributed by atoms with Gasteiger partial charge in [0.05, 0.1) is 20.4 Å². The molecule has 0 bridgehead atoms. The van der Waals surface area contributed by atoms with Crippen molar-refractivity contribution in [1.82, 2.24) is 15.2 Å². The highest BCUT2D eigenvalue weighted by Gasteiger charge is 2.06. The second-order valence-corrected chi connectivity index (χ2v) is 6.13. The van der Waals surface area contributed by atoms with Gasteiger partial charge in [-0.05, 0) is 54.8 Å². The number of anilines is 3. The van der Waals surface area contributed by atoms with E-state index in [1.807, 2.05) is 24.3 Å². The Labute approximate surface area is 158 Å². The van der Waals surface area contributed by atoms with Gasteiger partial charge in [-0.1, -0.05) is 12.1 Å². The number of ether oxygens (including phenoxy) is 2. The molecule has 27 heavy (non-hydrogen) atoms. The summed E-state index contributed by atoms with van der Waals surface area (Å²) >= 11 is 0. The van der Waals surface area contributed by atoms with Crippen molar-refractivity contribution in [2.45, 2.75) is 20.4 Å². The first-order chi connectivity index (χ1) is 13.1. The van der Waals surface area contributed by atoms with Crippen molar-refractivity contribution in [3.05, 3.63) is 59.3 Å². The van der Waals surface area contributed by atoms with Gasteiger partial charge >= 0.3 is 0 Å². The smallest absolute Gasteiger partial charge is 0.249 e. The van der Waals surface area contributed by atoms with Crippen LogP contribution in [0.2, 0.25) is 0 Å². The molecular formula is C20H23N5O2. The summed E-state index contributed by atoms with van der Waals surface area (Å²) in [5, 5.41) is 14.5. The third-order valence-corrected chi connectivity index (χ3v) is 4.24. The average Bonchev–Trinajstić information content (AvgIpc) is 2.69. The first kappa shape index (κ1) is 18.4. The maximum atomic E-state index is 5.33. The Balaban J connectivity index is 1.68. The van der Waals surface area contributed by atoms with E-state index in [4.69, 9.17) is 9.47 Å². The molecule has 0 radical (unpaired) electrons. The van der Waals surface area contributed by atoms with Crippen molar-refractivity contribution in [2.75, 3.05) is 24.9 Å². The summed E-state index contributed by atoms with van der Waals surface area (Å²) in [5.41, 5.74) is 4.41. The molecule has 0 unspecified atom stereocenters. The molecule has 1 aromatic heterocycles. The molecule has 2 N–H and O–H groups in total. The summed E-state index contributed by atoms with van der Waals surface area (Å²) < 4.78 is 10.6. The van der Waals surface area contributed by atoms with E-state index >= 15 is 0 Å². The predicted molar refractivity (Wildman–Crippen MR) is 106 cm³/mol. The molecule has 140 valence electrons. The molecule has 1 heterocycles. The molecule has 3 aromatic rings. The molecule has 0 fully saturated rings. The molecule has 0 saturated heterocycles. The van der Waals surface area contributed by atoms with Crippen molar-refractivity contribution in [2.24, 2.45) is 0 Å². The van der Waals surface area contributed by atoms with Crippen molar-refractivity contribution in [3.63, 3.8) is 0 Å². The van der Waals surface area contributed by atoms with Gasteiger partial charge in [0.2, 0.25) is 5.95 Å². The molecule has 7 heteroatoms. The standard InChI is InChI=1S/C20H23N5O2/c1-13-5-7-16(9-14(13)2)23-20-24-19(12-22-25-20)21-11-15-6-8-17(26-3)18(10-15)27-4/h5-10,12H,11H2,1-4H3,(H2,21,23,24,25). The van der Waals surface area contributed by atoms with Crippen LogP contribution in [0.15, 0.2) is 42.6 Å². The molecule has 0 saturated carbocycles. The van der Waals surface area contributed by atoms with E-state index in [1.54, 1.807) is 20.4 Å². The van der Waals surface area contributed by atoms with E-state index in [0.29, 0.717) is 29.8 Å². The van der Waals surface area contributed by atoms with Crippen LogP contribution in [0, 0.1) is 13.8 Å². The van der Waals surface area contributed by atoms with Gasteiger partial charge in [-0.3, -0.25) is 0 Å². The Kier molecular flexibility index (Phi) is 5.71. The van der Waals surface area contributed by atoms with Gasteiger partial charge < -0.3 is 20.1 Å². The topological polar surface area (TPSA) is 81.2 Å². The zero-order chi connectivity index (χ0) is 19.2. The lowest BCUT2D eigenvalue weighted by molar-refractivity contribution is 0.354. The monoisotopic (exact) mass is 365 g/mol. The molecular weight excluding hydrogens is 342 g/mol. The number of nitrogens with one attached hydrogen (secondary N) is 2. The lowest BCUT2D eigenvalue weighted by atomic mass is 10.1. The lowest BCUT2D eigenvalue weighted by Gasteiger charge is -2.11. The Bertz CT molecular complexity index is 930. The Morgan fingerprint density at radius 3 is 2.48 bits per heavy atom. The summed E-state index contributed by atoms with van der Waals surface area (Å²) in [4.78, 5) is 4.46. The highest BCUT2D eigenvalue weighted by molar-refractivity contribution is 5.56. The summed E-state index contributed by atoms with van der Waals surface area (Å²) in [6.07, 6.45) is 1.59. The fraction of sp³-hybridized carbons (Fsp3) is 0.250. The third-order valence-electron chi connectivity index (χ3n) is 4.24. The zero-order valence-corrected chi connectivity index (χ0v) is 15.9. The molecule has 0 atom stereocenters. The highest BCUT2D eigenvalue weighted by atomic mass is 16.5. The highest BCUT2D eigenvalue weighted by Crippen LogP contribution is 2.27. The maximum Gasteiger partial charge on any atom is 0.249 e. The van der Waals surface area contributed by atoms with Gasteiger partial charge in [-0.25, -0.2) is 0 Å². The van der Waals surface area contributed by atoms with Crippen LogP contribution in [0.3, 0.4) is 0 Å². The van der Waals surface area contributed by atoms with Crippen LogP contribution in [0.4, 0.5) is 17.5 Å². The summed E-state index contributed by atoms with van der Waals surface area (Å²) in [6, 6.07) is 11.9. The van der Waals surface area contributed by atoms with Gasteiger partial charge in [0.15, 0.2) is 17.3 Å². The molecule has 0 aliphatic rings. The molecule has 3 rings (SSSR count). The molecule has 0 aliphatic heterocycles. The van der Waals surface area contributed by atoms with Crippen LogP contribution in [0.1, 0.15) is 16.7 Å². The fourth-order valence-corrected chi connectivity index (χ4v) is 2.57. The largest absolute Gasteiger partial charge is 0.493 e. The Hall–Kier alpha value is -3.35. The molecule has 7 nitrogen and oxygen atoms in total. The number of hydrogen-bond acceptors (Lipinski definition) is 7. The maximum absolute atomic E-state index is 5.33. The van der Waals surface area contributed by atoms with Crippen LogP contribution < -0.4 is 20.1 Å².